The molecule has 16 heavy (non-hydrogen) atoms. The summed E-state index contributed by atoms with van der Waals surface area (Å²) in [5.74, 6) is -0.747. The number of carboxylic acids is 1. The number of hydrogen-bond acceptors (Lipinski definition) is 3. The fraction of sp³-hybridized carbons (Fsp3) is 0.818. The molecule has 1 saturated heterocycles. The lowest BCUT2D eigenvalue weighted by atomic mass is 10.1. The minimum absolute atomic E-state index is 0.0122. The quantitative estimate of drug-likeness (QED) is 0.760. The molecule has 0 atom stereocenters. The van der Waals surface area contributed by atoms with Crippen LogP contribution >= 0.6 is 0 Å². The highest BCUT2D eigenvalue weighted by molar-refractivity contribution is 5.76. The zero-order chi connectivity index (χ0) is 12.0. The van der Waals surface area contributed by atoms with E-state index in [0.29, 0.717) is 19.5 Å². The fourth-order valence-corrected chi connectivity index (χ4v) is 1.83. The van der Waals surface area contributed by atoms with Crippen molar-refractivity contribution in [1.82, 2.24) is 4.90 Å². The molecule has 92 valence electrons. The maximum atomic E-state index is 11.6. The van der Waals surface area contributed by atoms with Crippen molar-refractivity contribution >= 4 is 11.9 Å². The first-order valence-corrected chi connectivity index (χ1v) is 5.74. The van der Waals surface area contributed by atoms with Crippen molar-refractivity contribution < 1.29 is 19.4 Å². The van der Waals surface area contributed by atoms with Gasteiger partial charge in [-0.25, -0.2) is 4.79 Å². The van der Waals surface area contributed by atoms with Gasteiger partial charge in [-0.15, -0.1) is 0 Å². The van der Waals surface area contributed by atoms with Gasteiger partial charge in [0.2, 0.25) is 5.91 Å². The lowest BCUT2D eigenvalue weighted by molar-refractivity contribution is -0.146. The van der Waals surface area contributed by atoms with Crippen LogP contribution in [0.4, 0.5) is 0 Å². The Hall–Kier alpha value is -1.10. The summed E-state index contributed by atoms with van der Waals surface area (Å²) in [7, 11) is 0. The highest BCUT2D eigenvalue weighted by Gasteiger charge is 2.22. The van der Waals surface area contributed by atoms with Gasteiger partial charge in [0.25, 0.3) is 0 Å². The first-order valence-electron chi connectivity index (χ1n) is 5.74. The third-order valence-corrected chi connectivity index (χ3v) is 2.70. The number of piperidine rings is 1. The van der Waals surface area contributed by atoms with E-state index in [1.165, 1.54) is 0 Å². The van der Waals surface area contributed by atoms with Gasteiger partial charge in [-0.05, 0) is 19.3 Å². The number of carboxylic acid groups (broad SMARTS) is 1. The van der Waals surface area contributed by atoms with Gasteiger partial charge in [-0.3, -0.25) is 4.79 Å². The molecule has 0 aromatic heterocycles. The second-order valence-electron chi connectivity index (χ2n) is 4.03. The third kappa shape index (κ3) is 4.18. The highest BCUT2D eigenvalue weighted by Crippen LogP contribution is 2.14. The Bertz CT molecular complexity index is 246. The second-order valence-corrected chi connectivity index (χ2v) is 4.03. The number of hydrogen-bond donors (Lipinski definition) is 1. The van der Waals surface area contributed by atoms with Crippen molar-refractivity contribution in [2.75, 3.05) is 19.7 Å². The van der Waals surface area contributed by atoms with Crippen LogP contribution in [0.5, 0.6) is 0 Å². The van der Waals surface area contributed by atoms with Gasteiger partial charge in [0.05, 0.1) is 6.10 Å². The number of aliphatic carboxylic acids is 1. The maximum Gasteiger partial charge on any atom is 0.329 e. The molecule has 1 amide bonds. The molecule has 0 radical (unpaired) electrons. The molecule has 1 aliphatic rings. The molecule has 0 unspecified atom stereocenters. The zero-order valence-electron chi connectivity index (χ0n) is 9.65. The van der Waals surface area contributed by atoms with E-state index in [2.05, 4.69) is 0 Å². The lowest BCUT2D eigenvalue weighted by Gasteiger charge is -2.31. The van der Waals surface area contributed by atoms with Crippen LogP contribution in [0.1, 0.15) is 32.6 Å². The molecule has 5 heteroatoms. The number of carbonyl (C=O) groups excluding carboxylic acids is 1. The average Bonchev–Trinajstić information content (AvgIpc) is 2.27. The molecule has 1 N–H and O–H groups in total. The van der Waals surface area contributed by atoms with Crippen LogP contribution in [0.3, 0.4) is 0 Å². The maximum absolute atomic E-state index is 11.6. The van der Waals surface area contributed by atoms with E-state index in [0.717, 1.165) is 19.3 Å². The SMILES string of the molecule is CCCC(=O)N1CCC(OCC(=O)O)CC1. The monoisotopic (exact) mass is 229 g/mol. The van der Waals surface area contributed by atoms with Gasteiger partial charge < -0.3 is 14.7 Å². The summed E-state index contributed by atoms with van der Waals surface area (Å²) in [6.45, 7) is 3.11. The van der Waals surface area contributed by atoms with Crippen LogP contribution in [0.25, 0.3) is 0 Å². The molecule has 0 saturated carbocycles. The standard InChI is InChI=1S/C11H19NO4/c1-2-3-10(13)12-6-4-9(5-7-12)16-8-11(14)15/h9H,2-8H2,1H3,(H,14,15). The van der Waals surface area contributed by atoms with E-state index in [1.54, 1.807) is 0 Å². The van der Waals surface area contributed by atoms with Crippen molar-refractivity contribution in [3.8, 4) is 0 Å². The number of rotatable bonds is 5. The van der Waals surface area contributed by atoms with Crippen LogP contribution < -0.4 is 0 Å². The van der Waals surface area contributed by atoms with Crippen molar-refractivity contribution in [1.29, 1.82) is 0 Å². The number of likely N-dealkylation sites (tertiary alicyclic amines) is 1. The summed E-state index contributed by atoms with van der Waals surface area (Å²) in [4.78, 5) is 23.7. The first kappa shape index (κ1) is 13.0. The van der Waals surface area contributed by atoms with Gasteiger partial charge in [-0.2, -0.15) is 0 Å². The Balaban J connectivity index is 2.23. The molecule has 1 heterocycles. The highest BCUT2D eigenvalue weighted by atomic mass is 16.5. The first-order chi connectivity index (χ1) is 7.63. The van der Waals surface area contributed by atoms with E-state index < -0.39 is 5.97 Å². The minimum atomic E-state index is -0.940. The Morgan fingerprint density at radius 2 is 2.00 bits per heavy atom. The molecular formula is C11H19NO4. The number of nitrogens with zero attached hydrogens (tertiary/aromatic N) is 1. The molecule has 5 nitrogen and oxygen atoms in total. The van der Waals surface area contributed by atoms with Crippen molar-refractivity contribution in [3.05, 3.63) is 0 Å². The summed E-state index contributed by atoms with van der Waals surface area (Å²) < 4.78 is 5.19. The van der Waals surface area contributed by atoms with Crippen LogP contribution in [0.2, 0.25) is 0 Å². The van der Waals surface area contributed by atoms with Gasteiger partial charge in [0.15, 0.2) is 0 Å². The smallest absolute Gasteiger partial charge is 0.329 e. The molecule has 0 aliphatic carbocycles. The van der Waals surface area contributed by atoms with Gasteiger partial charge in [-0.1, -0.05) is 6.92 Å². The van der Waals surface area contributed by atoms with Crippen molar-refractivity contribution in [2.24, 2.45) is 0 Å². The lowest BCUT2D eigenvalue weighted by Crippen LogP contribution is -2.41. The van der Waals surface area contributed by atoms with E-state index in [1.807, 2.05) is 11.8 Å². The van der Waals surface area contributed by atoms with Crippen molar-refractivity contribution in [3.63, 3.8) is 0 Å². The number of carbonyl (C=O) groups is 2. The number of amides is 1. The fourth-order valence-electron chi connectivity index (χ4n) is 1.83. The van der Waals surface area contributed by atoms with Crippen LogP contribution in [-0.4, -0.2) is 47.7 Å². The molecule has 0 spiro atoms. The summed E-state index contributed by atoms with van der Waals surface area (Å²) in [6, 6.07) is 0. The average molecular weight is 229 g/mol. The van der Waals surface area contributed by atoms with Gasteiger partial charge in [0, 0.05) is 19.5 Å². The molecule has 0 aromatic carbocycles. The molecule has 1 rings (SSSR count). The van der Waals surface area contributed by atoms with Crippen LogP contribution in [0.15, 0.2) is 0 Å². The van der Waals surface area contributed by atoms with Gasteiger partial charge >= 0.3 is 5.97 Å². The molecule has 0 bridgehead atoms. The van der Waals surface area contributed by atoms with Gasteiger partial charge in [0.1, 0.15) is 6.61 Å². The topological polar surface area (TPSA) is 66.8 Å². The Morgan fingerprint density at radius 3 is 2.50 bits per heavy atom. The van der Waals surface area contributed by atoms with E-state index in [4.69, 9.17) is 9.84 Å². The summed E-state index contributed by atoms with van der Waals surface area (Å²) in [6.07, 6.45) is 2.93. The number of ether oxygens (including phenoxy) is 1. The Kier molecular flexibility index (Phi) is 5.25. The summed E-state index contributed by atoms with van der Waals surface area (Å²) in [5.41, 5.74) is 0. The van der Waals surface area contributed by atoms with Crippen LogP contribution in [-0.2, 0) is 14.3 Å². The zero-order valence-corrected chi connectivity index (χ0v) is 9.65. The Labute approximate surface area is 95.4 Å². The van der Waals surface area contributed by atoms with E-state index in [-0.39, 0.29) is 18.6 Å². The summed E-state index contributed by atoms with van der Waals surface area (Å²) >= 11 is 0. The summed E-state index contributed by atoms with van der Waals surface area (Å²) in [5, 5.41) is 8.46. The largest absolute Gasteiger partial charge is 0.480 e. The van der Waals surface area contributed by atoms with E-state index in [9.17, 15) is 9.59 Å². The predicted octanol–water partition coefficient (Wildman–Crippen LogP) is 0.879. The molecule has 0 aromatic rings. The normalized spacial score (nSPS) is 17.4. The van der Waals surface area contributed by atoms with E-state index >= 15 is 0 Å². The van der Waals surface area contributed by atoms with Crippen molar-refractivity contribution in [2.45, 2.75) is 38.7 Å². The molecular weight excluding hydrogens is 210 g/mol. The molecule has 1 fully saturated rings. The predicted molar refractivity (Wildman–Crippen MR) is 58.1 cm³/mol. The van der Waals surface area contributed by atoms with Crippen LogP contribution in [0, 0.1) is 0 Å². The second kappa shape index (κ2) is 6.48. The third-order valence-electron chi connectivity index (χ3n) is 2.70. The molecule has 1 aliphatic heterocycles. The minimum Gasteiger partial charge on any atom is -0.480 e. The Morgan fingerprint density at radius 1 is 1.38 bits per heavy atom.